The minimum Gasteiger partial charge on any atom is -0.330 e. The minimum absolute atomic E-state index is 0.673. The predicted molar refractivity (Wildman–Crippen MR) is 62.9 cm³/mol. The summed E-state index contributed by atoms with van der Waals surface area (Å²) < 4.78 is 0. The first-order valence-corrected chi connectivity index (χ1v) is 6.20. The SMILES string of the molecule is Cc1ccc(-c2nc(CCN)cs2)s1. The summed E-state index contributed by atoms with van der Waals surface area (Å²) in [6, 6.07) is 4.26. The second-order valence-corrected chi connectivity index (χ2v) is 5.24. The van der Waals surface area contributed by atoms with Crippen LogP contribution in [0.4, 0.5) is 0 Å². The lowest BCUT2D eigenvalue weighted by molar-refractivity contribution is 0.937. The predicted octanol–water partition coefficient (Wildman–Crippen LogP) is 2.68. The van der Waals surface area contributed by atoms with Gasteiger partial charge in [0.15, 0.2) is 0 Å². The Bertz CT molecular complexity index is 417. The summed E-state index contributed by atoms with van der Waals surface area (Å²) in [7, 11) is 0. The molecule has 0 aliphatic rings. The van der Waals surface area contributed by atoms with Crippen molar-refractivity contribution in [3.63, 3.8) is 0 Å². The summed E-state index contributed by atoms with van der Waals surface area (Å²) in [5, 5.41) is 3.21. The summed E-state index contributed by atoms with van der Waals surface area (Å²) in [5.41, 5.74) is 6.59. The highest BCUT2D eigenvalue weighted by atomic mass is 32.1. The maximum atomic E-state index is 5.48. The molecule has 2 aromatic rings. The van der Waals surface area contributed by atoms with Gasteiger partial charge >= 0.3 is 0 Å². The van der Waals surface area contributed by atoms with Gasteiger partial charge in [-0.2, -0.15) is 0 Å². The Morgan fingerprint density at radius 3 is 2.93 bits per heavy atom. The normalized spacial score (nSPS) is 10.7. The van der Waals surface area contributed by atoms with Crippen molar-refractivity contribution >= 4 is 22.7 Å². The maximum Gasteiger partial charge on any atom is 0.133 e. The summed E-state index contributed by atoms with van der Waals surface area (Å²) in [4.78, 5) is 7.12. The number of thiazole rings is 1. The van der Waals surface area contributed by atoms with Crippen molar-refractivity contribution in [1.82, 2.24) is 4.98 Å². The van der Waals surface area contributed by atoms with Crippen molar-refractivity contribution in [2.24, 2.45) is 5.73 Å². The van der Waals surface area contributed by atoms with E-state index in [-0.39, 0.29) is 0 Å². The van der Waals surface area contributed by atoms with Crippen LogP contribution in [0.1, 0.15) is 10.6 Å². The summed E-state index contributed by atoms with van der Waals surface area (Å²) >= 11 is 3.49. The van der Waals surface area contributed by atoms with Gasteiger partial charge in [-0.25, -0.2) is 4.98 Å². The van der Waals surface area contributed by atoms with Gasteiger partial charge < -0.3 is 5.73 Å². The number of hydrogen-bond donors (Lipinski definition) is 1. The molecule has 2 N–H and O–H groups in total. The third-order valence-electron chi connectivity index (χ3n) is 1.90. The van der Waals surface area contributed by atoms with E-state index in [1.165, 1.54) is 9.75 Å². The molecule has 2 nitrogen and oxygen atoms in total. The van der Waals surface area contributed by atoms with Crippen LogP contribution in [-0.2, 0) is 6.42 Å². The molecule has 2 aromatic heterocycles. The van der Waals surface area contributed by atoms with Crippen LogP contribution in [0.5, 0.6) is 0 Å². The number of rotatable bonds is 3. The maximum absolute atomic E-state index is 5.48. The molecule has 14 heavy (non-hydrogen) atoms. The monoisotopic (exact) mass is 224 g/mol. The van der Waals surface area contributed by atoms with E-state index in [0.29, 0.717) is 6.54 Å². The second-order valence-electron chi connectivity index (χ2n) is 3.09. The lowest BCUT2D eigenvalue weighted by Gasteiger charge is -1.89. The minimum atomic E-state index is 0.673. The highest BCUT2D eigenvalue weighted by Gasteiger charge is 2.05. The van der Waals surface area contributed by atoms with Gasteiger partial charge in [0.2, 0.25) is 0 Å². The number of aryl methyl sites for hydroxylation is 1. The van der Waals surface area contributed by atoms with Gasteiger partial charge in [-0.3, -0.25) is 0 Å². The van der Waals surface area contributed by atoms with E-state index in [1.807, 2.05) is 0 Å². The molecule has 0 saturated heterocycles. The number of nitrogens with zero attached hydrogens (tertiary/aromatic N) is 1. The fraction of sp³-hybridized carbons (Fsp3) is 0.300. The van der Waals surface area contributed by atoms with Gasteiger partial charge in [0.25, 0.3) is 0 Å². The smallest absolute Gasteiger partial charge is 0.133 e. The van der Waals surface area contributed by atoms with Crippen molar-refractivity contribution in [3.05, 3.63) is 28.1 Å². The standard InChI is InChI=1S/C10H12N2S2/c1-7-2-3-9(14-7)10-12-8(4-5-11)6-13-10/h2-3,6H,4-5,11H2,1H3. The van der Waals surface area contributed by atoms with Crippen LogP contribution in [0.15, 0.2) is 17.5 Å². The van der Waals surface area contributed by atoms with Crippen molar-refractivity contribution in [2.45, 2.75) is 13.3 Å². The van der Waals surface area contributed by atoms with E-state index >= 15 is 0 Å². The van der Waals surface area contributed by atoms with Gasteiger partial charge in [-0.1, -0.05) is 0 Å². The van der Waals surface area contributed by atoms with Gasteiger partial charge in [-0.05, 0) is 25.6 Å². The average Bonchev–Trinajstić information content (AvgIpc) is 2.74. The molecule has 0 aromatic carbocycles. The third-order valence-corrected chi connectivity index (χ3v) is 3.96. The first-order chi connectivity index (χ1) is 6.79. The lowest BCUT2D eigenvalue weighted by atomic mass is 10.3. The van der Waals surface area contributed by atoms with Crippen molar-refractivity contribution < 1.29 is 0 Å². The van der Waals surface area contributed by atoms with Crippen LogP contribution < -0.4 is 5.73 Å². The van der Waals surface area contributed by atoms with Crippen molar-refractivity contribution in [1.29, 1.82) is 0 Å². The Kier molecular flexibility index (Phi) is 2.96. The fourth-order valence-electron chi connectivity index (χ4n) is 1.23. The van der Waals surface area contributed by atoms with Gasteiger partial charge in [-0.15, -0.1) is 22.7 Å². The van der Waals surface area contributed by atoms with Crippen LogP contribution in [-0.4, -0.2) is 11.5 Å². The van der Waals surface area contributed by atoms with Crippen molar-refractivity contribution in [2.75, 3.05) is 6.54 Å². The molecule has 0 radical (unpaired) electrons. The zero-order valence-electron chi connectivity index (χ0n) is 7.99. The van der Waals surface area contributed by atoms with E-state index in [4.69, 9.17) is 5.73 Å². The molecule has 0 bridgehead atoms. The summed E-state index contributed by atoms with van der Waals surface area (Å²) in [6.07, 6.45) is 0.876. The summed E-state index contributed by atoms with van der Waals surface area (Å²) in [5.74, 6) is 0. The number of aromatic nitrogens is 1. The van der Waals surface area contributed by atoms with E-state index < -0.39 is 0 Å². The topological polar surface area (TPSA) is 38.9 Å². The average molecular weight is 224 g/mol. The largest absolute Gasteiger partial charge is 0.330 e. The van der Waals surface area contributed by atoms with Gasteiger partial charge in [0.1, 0.15) is 5.01 Å². The van der Waals surface area contributed by atoms with E-state index in [1.54, 1.807) is 22.7 Å². The Balaban J connectivity index is 2.24. The van der Waals surface area contributed by atoms with Crippen LogP contribution in [0.3, 0.4) is 0 Å². The van der Waals surface area contributed by atoms with Crippen LogP contribution >= 0.6 is 22.7 Å². The summed E-state index contributed by atoms with van der Waals surface area (Å²) in [6.45, 7) is 2.79. The molecule has 4 heteroatoms. The molecule has 0 atom stereocenters. The van der Waals surface area contributed by atoms with E-state index in [9.17, 15) is 0 Å². The first kappa shape index (κ1) is 9.83. The first-order valence-electron chi connectivity index (χ1n) is 4.51. The number of hydrogen-bond acceptors (Lipinski definition) is 4. The highest BCUT2D eigenvalue weighted by Crippen LogP contribution is 2.30. The molecule has 2 heterocycles. The third kappa shape index (κ3) is 2.03. The van der Waals surface area contributed by atoms with Crippen LogP contribution in [0.25, 0.3) is 9.88 Å². The quantitative estimate of drug-likeness (QED) is 0.870. The molecule has 0 aliphatic heterocycles. The van der Waals surface area contributed by atoms with Crippen LogP contribution in [0.2, 0.25) is 0 Å². The Morgan fingerprint density at radius 1 is 1.43 bits per heavy atom. The van der Waals surface area contributed by atoms with Crippen molar-refractivity contribution in [3.8, 4) is 9.88 Å². The zero-order valence-corrected chi connectivity index (χ0v) is 9.62. The number of nitrogens with two attached hydrogens (primary N) is 1. The molecule has 0 amide bonds. The van der Waals surface area contributed by atoms with Gasteiger partial charge in [0, 0.05) is 16.7 Å². The number of thiophene rings is 1. The zero-order chi connectivity index (χ0) is 9.97. The van der Waals surface area contributed by atoms with Crippen LogP contribution in [0, 0.1) is 6.92 Å². The van der Waals surface area contributed by atoms with E-state index in [2.05, 4.69) is 29.4 Å². The molecule has 0 aliphatic carbocycles. The molecule has 0 spiro atoms. The fourth-order valence-corrected chi connectivity index (χ4v) is 3.03. The Morgan fingerprint density at radius 2 is 2.29 bits per heavy atom. The van der Waals surface area contributed by atoms with E-state index in [0.717, 1.165) is 17.1 Å². The highest BCUT2D eigenvalue weighted by molar-refractivity contribution is 7.21. The molecule has 0 unspecified atom stereocenters. The second kappa shape index (κ2) is 4.21. The molecule has 2 rings (SSSR count). The molecule has 74 valence electrons. The molecular weight excluding hydrogens is 212 g/mol. The van der Waals surface area contributed by atoms with Gasteiger partial charge in [0.05, 0.1) is 10.6 Å². The molecule has 0 saturated carbocycles. The Hall–Kier alpha value is -0.710. The molecule has 0 fully saturated rings. The lowest BCUT2D eigenvalue weighted by Crippen LogP contribution is -2.02. The Labute approximate surface area is 91.4 Å². The molecular formula is C10H12N2S2.